The minimum absolute atomic E-state index is 0. The number of hydrogen-bond acceptors (Lipinski definition) is 5. The molecule has 1 N–H and O–H groups in total. The predicted molar refractivity (Wildman–Crippen MR) is 123 cm³/mol. The number of nitrogens with zero attached hydrogens (tertiary/aromatic N) is 6. The standard InChI is InChI=1S/C19H29N7O.HI/c1-4-18-23-22-15-26(18)9-8-21-19(20-2)25-12-10-24(11-13-25)16-6-5-7-17(14-16)27-3;/h5-7,14-15H,4,8-13H2,1-3H3,(H,20,21);1H. The minimum atomic E-state index is 0. The van der Waals surface area contributed by atoms with Gasteiger partial charge in [-0.25, -0.2) is 0 Å². The van der Waals surface area contributed by atoms with Gasteiger partial charge in [0.1, 0.15) is 17.9 Å². The van der Waals surface area contributed by atoms with Crippen LogP contribution in [0.25, 0.3) is 0 Å². The fourth-order valence-electron chi connectivity index (χ4n) is 3.34. The summed E-state index contributed by atoms with van der Waals surface area (Å²) in [5.41, 5.74) is 1.21. The summed E-state index contributed by atoms with van der Waals surface area (Å²) in [6, 6.07) is 8.24. The molecule has 28 heavy (non-hydrogen) atoms. The van der Waals surface area contributed by atoms with E-state index in [1.165, 1.54) is 5.69 Å². The average molecular weight is 499 g/mol. The summed E-state index contributed by atoms with van der Waals surface area (Å²) in [5, 5.41) is 11.6. The van der Waals surface area contributed by atoms with Crippen LogP contribution in [0.3, 0.4) is 0 Å². The molecule has 1 aromatic heterocycles. The molecule has 9 heteroatoms. The molecule has 0 bridgehead atoms. The van der Waals surface area contributed by atoms with Crippen LogP contribution >= 0.6 is 24.0 Å². The Hall–Kier alpha value is -2.04. The molecular weight excluding hydrogens is 469 g/mol. The number of aliphatic imine (C=N–C) groups is 1. The van der Waals surface area contributed by atoms with Crippen molar-refractivity contribution >= 4 is 35.6 Å². The van der Waals surface area contributed by atoms with E-state index in [1.54, 1.807) is 13.4 Å². The zero-order valence-corrected chi connectivity index (χ0v) is 19.2. The SMILES string of the molecule is CCc1nncn1CCNC(=NC)N1CCN(c2cccc(OC)c2)CC1.I. The third-order valence-corrected chi connectivity index (χ3v) is 4.86. The maximum absolute atomic E-state index is 5.34. The van der Waals surface area contributed by atoms with Gasteiger partial charge >= 0.3 is 0 Å². The zero-order chi connectivity index (χ0) is 19.1. The van der Waals surface area contributed by atoms with Gasteiger partial charge in [0, 0.05) is 64.5 Å². The summed E-state index contributed by atoms with van der Waals surface area (Å²) in [6.07, 6.45) is 2.68. The first-order chi connectivity index (χ1) is 13.2. The normalized spacial score (nSPS) is 14.6. The molecule has 0 radical (unpaired) electrons. The van der Waals surface area contributed by atoms with E-state index in [0.29, 0.717) is 0 Å². The summed E-state index contributed by atoms with van der Waals surface area (Å²) in [6.45, 7) is 7.51. The number of hydrogen-bond donors (Lipinski definition) is 1. The summed E-state index contributed by atoms with van der Waals surface area (Å²) in [7, 11) is 3.54. The van der Waals surface area contributed by atoms with Gasteiger partial charge in [-0.1, -0.05) is 13.0 Å². The van der Waals surface area contributed by atoms with Crippen molar-refractivity contribution in [1.82, 2.24) is 25.0 Å². The number of aryl methyl sites for hydroxylation is 1. The monoisotopic (exact) mass is 499 g/mol. The van der Waals surface area contributed by atoms with Crippen LogP contribution in [0.4, 0.5) is 5.69 Å². The third-order valence-electron chi connectivity index (χ3n) is 4.86. The first kappa shape index (κ1) is 22.3. The summed E-state index contributed by atoms with van der Waals surface area (Å²) >= 11 is 0. The second-order valence-corrected chi connectivity index (χ2v) is 6.44. The zero-order valence-electron chi connectivity index (χ0n) is 16.8. The molecule has 2 aromatic rings. The molecule has 0 aliphatic carbocycles. The Labute approximate surface area is 184 Å². The molecule has 1 aromatic carbocycles. The second kappa shape index (κ2) is 11.1. The number of benzene rings is 1. The molecule has 2 heterocycles. The van der Waals surface area contributed by atoms with Crippen molar-refractivity contribution < 1.29 is 4.74 Å². The number of aromatic nitrogens is 3. The van der Waals surface area contributed by atoms with E-state index in [4.69, 9.17) is 4.74 Å². The molecular formula is C19H30IN7O. The highest BCUT2D eigenvalue weighted by atomic mass is 127. The Kier molecular flexibility index (Phi) is 8.81. The molecule has 0 spiro atoms. The van der Waals surface area contributed by atoms with Gasteiger partial charge in [-0.3, -0.25) is 4.99 Å². The van der Waals surface area contributed by atoms with Gasteiger partial charge in [0.2, 0.25) is 0 Å². The van der Waals surface area contributed by atoms with Gasteiger partial charge < -0.3 is 24.4 Å². The Morgan fingerprint density at radius 1 is 1.25 bits per heavy atom. The van der Waals surface area contributed by atoms with Crippen molar-refractivity contribution in [2.75, 3.05) is 51.8 Å². The van der Waals surface area contributed by atoms with Gasteiger partial charge in [-0.2, -0.15) is 0 Å². The number of guanidine groups is 1. The molecule has 1 aliphatic heterocycles. The lowest BCUT2D eigenvalue weighted by atomic mass is 10.2. The maximum Gasteiger partial charge on any atom is 0.193 e. The van der Waals surface area contributed by atoms with Crippen LogP contribution in [0.5, 0.6) is 5.75 Å². The van der Waals surface area contributed by atoms with E-state index >= 15 is 0 Å². The smallest absolute Gasteiger partial charge is 0.193 e. The van der Waals surface area contributed by atoms with Crippen molar-refractivity contribution in [3.63, 3.8) is 0 Å². The lowest BCUT2D eigenvalue weighted by Gasteiger charge is -2.37. The first-order valence-electron chi connectivity index (χ1n) is 9.46. The molecule has 3 rings (SSSR count). The summed E-state index contributed by atoms with van der Waals surface area (Å²) in [5.74, 6) is 2.86. The molecule has 154 valence electrons. The molecule has 1 saturated heterocycles. The maximum atomic E-state index is 5.34. The van der Waals surface area contributed by atoms with Crippen molar-refractivity contribution in [3.05, 3.63) is 36.4 Å². The summed E-state index contributed by atoms with van der Waals surface area (Å²) in [4.78, 5) is 9.15. The molecule has 0 saturated carbocycles. The average Bonchev–Trinajstić information content (AvgIpc) is 3.19. The molecule has 0 unspecified atom stereocenters. The molecule has 1 fully saturated rings. The first-order valence-corrected chi connectivity index (χ1v) is 9.46. The van der Waals surface area contributed by atoms with Crippen molar-refractivity contribution in [1.29, 1.82) is 0 Å². The fraction of sp³-hybridized carbons (Fsp3) is 0.526. The van der Waals surface area contributed by atoms with Gasteiger partial charge in [0.15, 0.2) is 5.96 Å². The topological polar surface area (TPSA) is 70.8 Å². The van der Waals surface area contributed by atoms with E-state index in [0.717, 1.165) is 63.2 Å². The van der Waals surface area contributed by atoms with Crippen LogP contribution in [0, 0.1) is 0 Å². The third kappa shape index (κ3) is 5.49. The molecule has 8 nitrogen and oxygen atoms in total. The largest absolute Gasteiger partial charge is 0.497 e. The fourth-order valence-corrected chi connectivity index (χ4v) is 3.34. The summed E-state index contributed by atoms with van der Waals surface area (Å²) < 4.78 is 7.42. The number of halogens is 1. The molecule has 0 atom stereocenters. The number of methoxy groups -OCH3 is 1. The van der Waals surface area contributed by atoms with Gasteiger partial charge in [0.25, 0.3) is 0 Å². The highest BCUT2D eigenvalue weighted by molar-refractivity contribution is 14.0. The Balaban J connectivity index is 0.00000280. The lowest BCUT2D eigenvalue weighted by Crippen LogP contribution is -2.52. The van der Waals surface area contributed by atoms with E-state index in [1.807, 2.05) is 19.2 Å². The Morgan fingerprint density at radius 3 is 2.71 bits per heavy atom. The van der Waals surface area contributed by atoms with Gasteiger partial charge in [-0.05, 0) is 12.1 Å². The Morgan fingerprint density at radius 2 is 2.04 bits per heavy atom. The quantitative estimate of drug-likeness (QED) is 0.372. The van der Waals surface area contributed by atoms with E-state index in [-0.39, 0.29) is 24.0 Å². The highest BCUT2D eigenvalue weighted by Crippen LogP contribution is 2.22. The van der Waals surface area contributed by atoms with Gasteiger partial charge in [-0.15, -0.1) is 34.2 Å². The van der Waals surface area contributed by atoms with E-state index < -0.39 is 0 Å². The number of ether oxygens (including phenoxy) is 1. The Bertz CT molecular complexity index is 756. The second-order valence-electron chi connectivity index (χ2n) is 6.44. The van der Waals surface area contributed by atoms with Crippen LogP contribution in [-0.2, 0) is 13.0 Å². The van der Waals surface area contributed by atoms with Gasteiger partial charge in [0.05, 0.1) is 7.11 Å². The highest BCUT2D eigenvalue weighted by Gasteiger charge is 2.20. The van der Waals surface area contributed by atoms with Crippen LogP contribution in [0.2, 0.25) is 0 Å². The number of anilines is 1. The van der Waals surface area contributed by atoms with Crippen molar-refractivity contribution in [3.8, 4) is 5.75 Å². The van der Waals surface area contributed by atoms with E-state index in [2.05, 4.69) is 53.9 Å². The van der Waals surface area contributed by atoms with E-state index in [9.17, 15) is 0 Å². The van der Waals surface area contributed by atoms with Crippen LogP contribution in [-0.4, -0.2) is 72.5 Å². The molecule has 1 aliphatic rings. The number of piperazine rings is 1. The minimum Gasteiger partial charge on any atom is -0.497 e. The molecule has 0 amide bonds. The van der Waals surface area contributed by atoms with Crippen LogP contribution < -0.4 is 15.0 Å². The van der Waals surface area contributed by atoms with Crippen molar-refractivity contribution in [2.45, 2.75) is 19.9 Å². The lowest BCUT2D eigenvalue weighted by molar-refractivity contribution is 0.371. The van der Waals surface area contributed by atoms with Crippen LogP contribution in [0.15, 0.2) is 35.6 Å². The number of rotatable bonds is 6. The van der Waals surface area contributed by atoms with Crippen molar-refractivity contribution in [2.24, 2.45) is 4.99 Å². The van der Waals surface area contributed by atoms with Crippen LogP contribution in [0.1, 0.15) is 12.7 Å². The number of nitrogens with one attached hydrogen (secondary N) is 1. The predicted octanol–water partition coefficient (Wildman–Crippen LogP) is 1.86.